The summed E-state index contributed by atoms with van der Waals surface area (Å²) in [7, 11) is 0. The molecule has 2 heterocycles. The predicted molar refractivity (Wildman–Crippen MR) is 73.6 cm³/mol. The molecule has 3 rings (SSSR count). The number of phenols is 1. The summed E-state index contributed by atoms with van der Waals surface area (Å²) in [5.74, 6) is 0.337. The number of nitrogens with one attached hydrogen (secondary N) is 1. The maximum Gasteiger partial charge on any atom is 0.212 e. The smallest absolute Gasteiger partial charge is 0.212 e. The van der Waals surface area contributed by atoms with E-state index in [4.69, 9.17) is 0 Å². The largest absolute Gasteiger partial charge is 0.508 e. The fourth-order valence-electron chi connectivity index (χ4n) is 2.07. The SMILES string of the molecule is Cc1cc(O)ccc1-c1cnc(-c2ccc(F)nc2)[nH]1. The molecule has 0 aliphatic carbocycles. The van der Waals surface area contributed by atoms with Crippen molar-refractivity contribution in [2.75, 3.05) is 0 Å². The van der Waals surface area contributed by atoms with Gasteiger partial charge in [-0.3, -0.25) is 0 Å². The fourth-order valence-corrected chi connectivity index (χ4v) is 2.07. The highest BCUT2D eigenvalue weighted by Gasteiger charge is 2.08. The van der Waals surface area contributed by atoms with E-state index in [0.29, 0.717) is 11.4 Å². The molecule has 4 nitrogen and oxygen atoms in total. The summed E-state index contributed by atoms with van der Waals surface area (Å²) in [6, 6.07) is 8.06. The van der Waals surface area contributed by atoms with Crippen molar-refractivity contribution in [2.24, 2.45) is 0 Å². The molecule has 20 heavy (non-hydrogen) atoms. The van der Waals surface area contributed by atoms with Gasteiger partial charge in [0.1, 0.15) is 11.6 Å². The summed E-state index contributed by atoms with van der Waals surface area (Å²) >= 11 is 0. The number of imidazole rings is 1. The number of rotatable bonds is 2. The van der Waals surface area contributed by atoms with Crippen molar-refractivity contribution in [3.8, 4) is 28.4 Å². The van der Waals surface area contributed by atoms with Crippen LogP contribution in [0.3, 0.4) is 0 Å². The minimum absolute atomic E-state index is 0.230. The van der Waals surface area contributed by atoms with Crippen molar-refractivity contribution in [3.05, 3.63) is 54.2 Å². The first kappa shape index (κ1) is 12.3. The van der Waals surface area contributed by atoms with Crippen LogP contribution in [0.15, 0.2) is 42.7 Å². The zero-order chi connectivity index (χ0) is 14.1. The fraction of sp³-hybridized carbons (Fsp3) is 0.0667. The van der Waals surface area contributed by atoms with Crippen LogP contribution in [-0.2, 0) is 0 Å². The monoisotopic (exact) mass is 269 g/mol. The van der Waals surface area contributed by atoms with E-state index in [9.17, 15) is 9.50 Å². The van der Waals surface area contributed by atoms with Crippen molar-refractivity contribution >= 4 is 0 Å². The highest BCUT2D eigenvalue weighted by Crippen LogP contribution is 2.26. The van der Waals surface area contributed by atoms with Crippen molar-refractivity contribution in [1.29, 1.82) is 0 Å². The molecule has 0 spiro atoms. The Morgan fingerprint density at radius 2 is 1.95 bits per heavy atom. The van der Waals surface area contributed by atoms with Crippen LogP contribution in [-0.4, -0.2) is 20.1 Å². The lowest BCUT2D eigenvalue weighted by Gasteiger charge is -2.03. The van der Waals surface area contributed by atoms with Crippen LogP contribution in [0.2, 0.25) is 0 Å². The Kier molecular flexibility index (Phi) is 2.95. The lowest BCUT2D eigenvalue weighted by Crippen LogP contribution is -1.86. The number of H-pyrrole nitrogens is 1. The van der Waals surface area contributed by atoms with Crippen molar-refractivity contribution in [2.45, 2.75) is 6.92 Å². The first-order valence-electron chi connectivity index (χ1n) is 6.10. The van der Waals surface area contributed by atoms with E-state index in [-0.39, 0.29) is 5.75 Å². The van der Waals surface area contributed by atoms with Crippen LogP contribution >= 0.6 is 0 Å². The molecule has 100 valence electrons. The van der Waals surface area contributed by atoms with Gasteiger partial charge < -0.3 is 10.1 Å². The summed E-state index contributed by atoms with van der Waals surface area (Å²) in [6.07, 6.45) is 3.14. The minimum atomic E-state index is -0.519. The van der Waals surface area contributed by atoms with Gasteiger partial charge in [-0.2, -0.15) is 4.39 Å². The van der Waals surface area contributed by atoms with Gasteiger partial charge in [0.15, 0.2) is 0 Å². The highest BCUT2D eigenvalue weighted by molar-refractivity contribution is 5.67. The Labute approximate surface area is 115 Å². The summed E-state index contributed by atoms with van der Waals surface area (Å²) in [6.45, 7) is 1.91. The maximum absolute atomic E-state index is 12.8. The third-order valence-electron chi connectivity index (χ3n) is 3.08. The Morgan fingerprint density at radius 1 is 1.10 bits per heavy atom. The van der Waals surface area contributed by atoms with Gasteiger partial charge in [-0.15, -0.1) is 0 Å². The number of aromatic amines is 1. The second-order valence-corrected chi connectivity index (χ2v) is 4.51. The molecule has 3 aromatic rings. The number of benzene rings is 1. The van der Waals surface area contributed by atoms with Crippen LogP contribution < -0.4 is 0 Å². The summed E-state index contributed by atoms with van der Waals surface area (Å²) in [4.78, 5) is 11.1. The minimum Gasteiger partial charge on any atom is -0.508 e. The van der Waals surface area contributed by atoms with Crippen LogP contribution in [0.25, 0.3) is 22.6 Å². The van der Waals surface area contributed by atoms with Crippen molar-refractivity contribution in [1.82, 2.24) is 15.0 Å². The molecule has 0 fully saturated rings. The van der Waals surface area contributed by atoms with Gasteiger partial charge in [-0.05, 0) is 42.8 Å². The van der Waals surface area contributed by atoms with Gasteiger partial charge in [-0.25, -0.2) is 9.97 Å². The molecule has 2 aromatic heterocycles. The number of phenolic OH excluding ortho intramolecular Hbond substituents is 1. The first-order valence-corrected chi connectivity index (χ1v) is 6.10. The lowest BCUT2D eigenvalue weighted by atomic mass is 10.1. The second-order valence-electron chi connectivity index (χ2n) is 4.51. The summed E-state index contributed by atoms with van der Waals surface area (Å²) in [5.41, 5.74) is 3.45. The lowest BCUT2D eigenvalue weighted by molar-refractivity contribution is 0.475. The van der Waals surface area contributed by atoms with Crippen LogP contribution in [0, 0.1) is 12.9 Å². The number of hydrogen-bond donors (Lipinski definition) is 2. The van der Waals surface area contributed by atoms with Gasteiger partial charge in [0.25, 0.3) is 0 Å². The number of aromatic hydroxyl groups is 1. The number of pyridine rings is 1. The van der Waals surface area contributed by atoms with E-state index >= 15 is 0 Å². The number of aryl methyl sites for hydroxylation is 1. The quantitative estimate of drug-likeness (QED) is 0.702. The third kappa shape index (κ3) is 2.25. The van der Waals surface area contributed by atoms with Gasteiger partial charge >= 0.3 is 0 Å². The highest BCUT2D eigenvalue weighted by atomic mass is 19.1. The van der Waals surface area contributed by atoms with Crippen LogP contribution in [0.5, 0.6) is 5.75 Å². The standard InChI is InChI=1S/C15H12FN3O/c1-9-6-11(20)3-4-12(9)13-8-18-15(19-13)10-2-5-14(16)17-7-10/h2-8,20H,1H3,(H,18,19). The van der Waals surface area contributed by atoms with Crippen molar-refractivity contribution < 1.29 is 9.50 Å². The normalized spacial score (nSPS) is 10.7. The zero-order valence-electron chi connectivity index (χ0n) is 10.8. The van der Waals surface area contributed by atoms with Gasteiger partial charge in [0.05, 0.1) is 11.9 Å². The number of aromatic nitrogens is 3. The second kappa shape index (κ2) is 4.77. The Bertz CT molecular complexity index is 750. The zero-order valence-corrected chi connectivity index (χ0v) is 10.8. The molecule has 5 heteroatoms. The van der Waals surface area contributed by atoms with E-state index in [1.165, 1.54) is 12.3 Å². The molecule has 0 bridgehead atoms. The average Bonchev–Trinajstić information content (AvgIpc) is 2.89. The van der Waals surface area contributed by atoms with E-state index in [0.717, 1.165) is 16.8 Å². The molecular formula is C15H12FN3O. The molecule has 0 aliphatic rings. The summed E-state index contributed by atoms with van der Waals surface area (Å²) in [5, 5.41) is 9.42. The average molecular weight is 269 g/mol. The third-order valence-corrected chi connectivity index (χ3v) is 3.08. The maximum atomic E-state index is 12.8. The van der Waals surface area contributed by atoms with E-state index in [1.807, 2.05) is 13.0 Å². The van der Waals surface area contributed by atoms with Gasteiger partial charge in [0, 0.05) is 17.3 Å². The Hall–Kier alpha value is -2.69. The molecule has 1 aromatic carbocycles. The Morgan fingerprint density at radius 3 is 2.65 bits per heavy atom. The van der Waals surface area contributed by atoms with Crippen LogP contribution in [0.4, 0.5) is 4.39 Å². The number of nitrogens with zero attached hydrogens (tertiary/aromatic N) is 2. The molecule has 0 saturated heterocycles. The molecule has 0 radical (unpaired) electrons. The van der Waals surface area contributed by atoms with E-state index in [1.54, 1.807) is 24.4 Å². The van der Waals surface area contributed by atoms with E-state index in [2.05, 4.69) is 15.0 Å². The van der Waals surface area contributed by atoms with Crippen molar-refractivity contribution in [3.63, 3.8) is 0 Å². The summed E-state index contributed by atoms with van der Waals surface area (Å²) < 4.78 is 12.8. The number of hydrogen-bond acceptors (Lipinski definition) is 3. The topological polar surface area (TPSA) is 61.8 Å². The molecule has 0 unspecified atom stereocenters. The van der Waals surface area contributed by atoms with E-state index < -0.39 is 5.95 Å². The van der Waals surface area contributed by atoms with Gasteiger partial charge in [-0.1, -0.05) is 0 Å². The first-order chi connectivity index (χ1) is 9.63. The molecule has 0 atom stereocenters. The molecule has 2 N–H and O–H groups in total. The molecule has 0 aliphatic heterocycles. The van der Waals surface area contributed by atoms with Gasteiger partial charge in [0.2, 0.25) is 5.95 Å². The van der Waals surface area contributed by atoms with Crippen LogP contribution in [0.1, 0.15) is 5.56 Å². The molecule has 0 saturated carbocycles. The molecular weight excluding hydrogens is 257 g/mol. The predicted octanol–water partition coefficient (Wildman–Crippen LogP) is 3.29. The number of halogens is 1. The Balaban J connectivity index is 1.99. The molecule has 0 amide bonds.